The van der Waals surface area contributed by atoms with Gasteiger partial charge < -0.3 is 24.8 Å². The van der Waals surface area contributed by atoms with E-state index in [9.17, 15) is 4.79 Å². The maximum Gasteiger partial charge on any atom is 0.243 e. The number of carbonyl (C=O) groups is 1. The van der Waals surface area contributed by atoms with Crippen LogP contribution < -0.4 is 20.1 Å². The van der Waals surface area contributed by atoms with Crippen molar-refractivity contribution < 1.29 is 19.0 Å². The van der Waals surface area contributed by atoms with Gasteiger partial charge in [0.05, 0.1) is 18.8 Å². The minimum absolute atomic E-state index is 0.115. The van der Waals surface area contributed by atoms with Crippen LogP contribution in [0.2, 0.25) is 0 Å². The summed E-state index contributed by atoms with van der Waals surface area (Å²) in [7, 11) is 0. The number of carbonyl (C=O) groups excluding carboxylic acids is 1. The average molecular weight is 370 g/mol. The molecule has 0 saturated heterocycles. The zero-order valence-electron chi connectivity index (χ0n) is 15.6. The minimum Gasteiger partial charge on any atom is -0.489 e. The van der Waals surface area contributed by atoms with Crippen molar-refractivity contribution in [3.8, 4) is 11.5 Å². The Bertz CT molecular complexity index is 734. The van der Waals surface area contributed by atoms with Gasteiger partial charge in [-0.3, -0.25) is 4.79 Å². The molecule has 6 heteroatoms. The van der Waals surface area contributed by atoms with Crippen LogP contribution in [0.5, 0.6) is 11.5 Å². The Morgan fingerprint density at radius 2 is 1.96 bits per heavy atom. The first-order valence-electron chi connectivity index (χ1n) is 8.90. The van der Waals surface area contributed by atoms with Crippen molar-refractivity contribution in [2.45, 2.75) is 6.92 Å². The molecule has 0 saturated carbocycles. The van der Waals surface area contributed by atoms with Gasteiger partial charge in [-0.1, -0.05) is 30.9 Å². The molecule has 27 heavy (non-hydrogen) atoms. The second kappa shape index (κ2) is 11.6. The number of hydrogen-bond acceptors (Lipinski definition) is 5. The third kappa shape index (κ3) is 7.42. The Morgan fingerprint density at radius 3 is 2.78 bits per heavy atom. The summed E-state index contributed by atoms with van der Waals surface area (Å²) >= 11 is 0. The van der Waals surface area contributed by atoms with Crippen LogP contribution in [0.1, 0.15) is 6.92 Å². The molecule has 144 valence electrons. The predicted octanol–water partition coefficient (Wildman–Crippen LogP) is 3.72. The van der Waals surface area contributed by atoms with E-state index in [1.165, 1.54) is 0 Å². The Labute approximate surface area is 160 Å². The summed E-state index contributed by atoms with van der Waals surface area (Å²) in [5, 5.41) is 5.94. The number of hydrogen-bond donors (Lipinski definition) is 2. The van der Waals surface area contributed by atoms with Crippen molar-refractivity contribution in [3.05, 3.63) is 61.2 Å². The normalized spacial score (nSPS) is 10.1. The summed E-state index contributed by atoms with van der Waals surface area (Å²) in [4.78, 5) is 12.2. The smallest absolute Gasteiger partial charge is 0.243 e. The van der Waals surface area contributed by atoms with E-state index in [0.29, 0.717) is 43.6 Å². The Kier molecular flexibility index (Phi) is 8.73. The monoisotopic (exact) mass is 370 g/mol. The Balaban J connectivity index is 1.86. The van der Waals surface area contributed by atoms with Crippen LogP contribution >= 0.6 is 0 Å². The van der Waals surface area contributed by atoms with E-state index < -0.39 is 0 Å². The van der Waals surface area contributed by atoms with Crippen LogP contribution in [0.3, 0.4) is 0 Å². The van der Waals surface area contributed by atoms with E-state index in [1.807, 2.05) is 49.4 Å². The maximum absolute atomic E-state index is 12.2. The van der Waals surface area contributed by atoms with Crippen LogP contribution in [0.25, 0.3) is 0 Å². The molecule has 0 aliphatic rings. The van der Waals surface area contributed by atoms with E-state index in [4.69, 9.17) is 14.2 Å². The number of benzene rings is 2. The standard InChI is InChI=1S/C21H26N2O4/c1-3-12-26-18-9-7-8-17(15-18)23-21(24)16-22-19-10-5-6-11-20(19)27-14-13-25-4-2/h3,5-11,15,22H,1,4,12-14,16H2,2H3,(H,23,24). The fourth-order valence-electron chi connectivity index (χ4n) is 2.29. The maximum atomic E-state index is 12.2. The molecule has 0 bridgehead atoms. The molecular weight excluding hydrogens is 344 g/mol. The van der Waals surface area contributed by atoms with E-state index in [1.54, 1.807) is 12.1 Å². The molecule has 0 radical (unpaired) electrons. The first-order chi connectivity index (χ1) is 13.2. The van der Waals surface area contributed by atoms with Gasteiger partial charge in [0.2, 0.25) is 5.91 Å². The molecule has 0 aliphatic heterocycles. The third-order valence-electron chi connectivity index (χ3n) is 3.50. The second-order valence-corrected chi connectivity index (χ2v) is 5.57. The molecule has 0 spiro atoms. The lowest BCUT2D eigenvalue weighted by atomic mass is 10.3. The number of amides is 1. The van der Waals surface area contributed by atoms with Gasteiger partial charge in [-0.2, -0.15) is 0 Å². The van der Waals surface area contributed by atoms with Gasteiger partial charge >= 0.3 is 0 Å². The average Bonchev–Trinajstić information content (AvgIpc) is 2.69. The lowest BCUT2D eigenvalue weighted by Crippen LogP contribution is -2.22. The van der Waals surface area contributed by atoms with Crippen LogP contribution in [0.4, 0.5) is 11.4 Å². The first-order valence-corrected chi connectivity index (χ1v) is 8.90. The van der Waals surface area contributed by atoms with Crippen LogP contribution in [-0.4, -0.2) is 38.9 Å². The zero-order chi connectivity index (χ0) is 19.3. The molecule has 0 aromatic heterocycles. The molecule has 2 aromatic carbocycles. The molecule has 2 rings (SSSR count). The van der Waals surface area contributed by atoms with Crippen molar-refractivity contribution in [1.82, 2.24) is 0 Å². The molecule has 0 fully saturated rings. The van der Waals surface area contributed by atoms with Gasteiger partial charge in [0.1, 0.15) is 24.7 Å². The van der Waals surface area contributed by atoms with Crippen LogP contribution in [0, 0.1) is 0 Å². The van der Waals surface area contributed by atoms with Crippen molar-refractivity contribution >= 4 is 17.3 Å². The number of para-hydroxylation sites is 2. The highest BCUT2D eigenvalue weighted by atomic mass is 16.5. The molecule has 0 heterocycles. The molecular formula is C21H26N2O4. The molecule has 0 aliphatic carbocycles. The van der Waals surface area contributed by atoms with E-state index >= 15 is 0 Å². The molecule has 1 amide bonds. The van der Waals surface area contributed by atoms with Gasteiger partial charge in [-0.25, -0.2) is 0 Å². The Hall–Kier alpha value is -2.99. The topological polar surface area (TPSA) is 68.8 Å². The fraction of sp³-hybridized carbons (Fsp3) is 0.286. The third-order valence-corrected chi connectivity index (χ3v) is 3.50. The van der Waals surface area contributed by atoms with Gasteiger partial charge in [0, 0.05) is 18.4 Å². The largest absolute Gasteiger partial charge is 0.489 e. The highest BCUT2D eigenvalue weighted by Crippen LogP contribution is 2.23. The quantitative estimate of drug-likeness (QED) is 0.440. The van der Waals surface area contributed by atoms with Crippen molar-refractivity contribution in [3.63, 3.8) is 0 Å². The van der Waals surface area contributed by atoms with E-state index in [2.05, 4.69) is 17.2 Å². The zero-order valence-corrected chi connectivity index (χ0v) is 15.6. The molecule has 2 N–H and O–H groups in total. The summed E-state index contributed by atoms with van der Waals surface area (Å²) in [5.74, 6) is 1.19. The van der Waals surface area contributed by atoms with Gasteiger partial charge in [0.15, 0.2) is 0 Å². The first kappa shape index (κ1) is 20.3. The molecule has 0 unspecified atom stereocenters. The van der Waals surface area contributed by atoms with Gasteiger partial charge in [0.25, 0.3) is 0 Å². The second-order valence-electron chi connectivity index (χ2n) is 5.57. The molecule has 0 atom stereocenters. The SMILES string of the molecule is C=CCOc1cccc(NC(=O)CNc2ccccc2OCCOCC)c1. The van der Waals surface area contributed by atoms with Crippen LogP contribution in [0.15, 0.2) is 61.2 Å². The van der Waals surface area contributed by atoms with Crippen LogP contribution in [-0.2, 0) is 9.53 Å². The van der Waals surface area contributed by atoms with Crippen molar-refractivity contribution in [2.75, 3.05) is 43.6 Å². The lowest BCUT2D eigenvalue weighted by molar-refractivity contribution is -0.114. The number of anilines is 2. The summed E-state index contributed by atoms with van der Waals surface area (Å²) in [6, 6.07) is 14.7. The number of ether oxygens (including phenoxy) is 3. The highest BCUT2D eigenvalue weighted by Gasteiger charge is 2.07. The van der Waals surface area contributed by atoms with Crippen molar-refractivity contribution in [1.29, 1.82) is 0 Å². The Morgan fingerprint density at radius 1 is 1.11 bits per heavy atom. The fourth-order valence-corrected chi connectivity index (χ4v) is 2.29. The van der Waals surface area contributed by atoms with Crippen molar-refractivity contribution in [2.24, 2.45) is 0 Å². The summed E-state index contributed by atoms with van der Waals surface area (Å²) in [6.45, 7) is 7.72. The molecule has 6 nitrogen and oxygen atoms in total. The highest BCUT2D eigenvalue weighted by molar-refractivity contribution is 5.94. The number of nitrogens with one attached hydrogen (secondary N) is 2. The number of rotatable bonds is 12. The summed E-state index contributed by atoms with van der Waals surface area (Å²) in [5.41, 5.74) is 1.43. The minimum atomic E-state index is -0.167. The van der Waals surface area contributed by atoms with E-state index in [0.717, 1.165) is 5.69 Å². The predicted molar refractivity (Wildman–Crippen MR) is 108 cm³/mol. The van der Waals surface area contributed by atoms with Gasteiger partial charge in [-0.15, -0.1) is 0 Å². The van der Waals surface area contributed by atoms with Gasteiger partial charge in [-0.05, 0) is 31.2 Å². The lowest BCUT2D eigenvalue weighted by Gasteiger charge is -2.13. The van der Waals surface area contributed by atoms with E-state index in [-0.39, 0.29) is 12.5 Å². The summed E-state index contributed by atoms with van der Waals surface area (Å²) in [6.07, 6.45) is 1.67. The molecule has 2 aromatic rings. The summed E-state index contributed by atoms with van der Waals surface area (Å²) < 4.78 is 16.4.